The molecule has 0 radical (unpaired) electrons. The molecule has 1 saturated carbocycles. The van der Waals surface area contributed by atoms with E-state index in [1.807, 2.05) is 59.5 Å². The third-order valence-corrected chi connectivity index (χ3v) is 11.1. The smallest absolute Gasteiger partial charge is 0.338 e. The molecule has 2 aliphatic heterocycles. The molecule has 2 saturated heterocycles. The van der Waals surface area contributed by atoms with E-state index in [1.54, 1.807) is 0 Å². The summed E-state index contributed by atoms with van der Waals surface area (Å²) < 4.78 is 32.8. The molecule has 0 bridgehead atoms. The van der Waals surface area contributed by atoms with E-state index in [0.717, 1.165) is 91.7 Å². The summed E-state index contributed by atoms with van der Waals surface area (Å²) in [7, 11) is 2.42. The van der Waals surface area contributed by atoms with Crippen molar-refractivity contribution in [2.75, 3.05) is 64.1 Å². The van der Waals surface area contributed by atoms with Gasteiger partial charge in [-0.25, -0.2) is 28.6 Å². The quantitative estimate of drug-likeness (QED) is 0.189. The minimum absolute atomic E-state index is 0.00823. The van der Waals surface area contributed by atoms with Gasteiger partial charge in [0.05, 0.1) is 42.5 Å². The van der Waals surface area contributed by atoms with E-state index < -0.39 is 17.8 Å². The first kappa shape index (κ1) is 35.4. The molecule has 2 aromatic heterocycles. The Morgan fingerprint density at radius 3 is 2.00 bits per heavy atom. The monoisotopic (exact) mass is 734 g/mol. The van der Waals surface area contributed by atoms with Crippen molar-refractivity contribution in [1.29, 1.82) is 0 Å². The zero-order valence-corrected chi connectivity index (χ0v) is 30.4. The molecule has 13 nitrogen and oxygen atoms in total. The number of aromatic nitrogens is 4. The van der Waals surface area contributed by atoms with Crippen LogP contribution in [-0.4, -0.2) is 107 Å². The molecule has 0 spiro atoms. The molecule has 54 heavy (non-hydrogen) atoms. The molecule has 3 aliphatic rings. The molecule has 0 atom stereocenters. The SMILES string of the molecule is COC(=O)c1cc(F)c(N2CC(N3CCN([C@H]4CC[C@@H](n5nc(-c6ccc(Oc7ccccc7)cc6)c6c(N)ncnc65)CC4)CC3)C2)cc1C(=O)OC. The van der Waals surface area contributed by atoms with Crippen molar-refractivity contribution in [3.63, 3.8) is 0 Å². The first-order valence-corrected chi connectivity index (χ1v) is 18.4. The van der Waals surface area contributed by atoms with Crippen molar-refractivity contribution >= 4 is 34.5 Å². The van der Waals surface area contributed by atoms with Gasteiger partial charge in [-0.05, 0) is 74.2 Å². The number of nitrogen functional groups attached to an aromatic ring is 1. The van der Waals surface area contributed by atoms with E-state index in [9.17, 15) is 9.59 Å². The van der Waals surface area contributed by atoms with Crippen LogP contribution < -0.4 is 15.4 Å². The van der Waals surface area contributed by atoms with Gasteiger partial charge in [0.25, 0.3) is 0 Å². The lowest BCUT2D eigenvalue weighted by atomic mass is 9.89. The number of piperazine rings is 1. The Morgan fingerprint density at radius 2 is 1.35 bits per heavy atom. The number of ether oxygens (including phenoxy) is 3. The molecule has 2 N–H and O–H groups in total. The molecule has 0 unspecified atom stereocenters. The number of benzene rings is 3. The number of halogens is 1. The molecule has 8 rings (SSSR count). The van der Waals surface area contributed by atoms with Crippen molar-refractivity contribution in [3.8, 4) is 22.8 Å². The number of carbonyl (C=O) groups excluding carboxylic acids is 2. The van der Waals surface area contributed by atoms with Gasteiger partial charge in [-0.2, -0.15) is 5.10 Å². The van der Waals surface area contributed by atoms with Crippen molar-refractivity contribution in [3.05, 3.63) is 90.0 Å². The van der Waals surface area contributed by atoms with Crippen LogP contribution in [0, 0.1) is 5.82 Å². The summed E-state index contributed by atoms with van der Waals surface area (Å²) in [6.07, 6.45) is 5.61. The van der Waals surface area contributed by atoms with Crippen LogP contribution in [0.25, 0.3) is 22.3 Å². The predicted molar refractivity (Wildman–Crippen MR) is 201 cm³/mol. The fraction of sp³-hybridized carbons (Fsp3) is 0.375. The Hall–Kier alpha value is -5.60. The molecule has 0 amide bonds. The lowest BCUT2D eigenvalue weighted by molar-refractivity contribution is 0.0436. The summed E-state index contributed by atoms with van der Waals surface area (Å²) >= 11 is 0. The van der Waals surface area contributed by atoms with Crippen LogP contribution in [0.5, 0.6) is 11.5 Å². The summed E-state index contributed by atoms with van der Waals surface area (Å²) in [5.74, 6) is -0.138. The summed E-state index contributed by atoms with van der Waals surface area (Å²) in [4.78, 5) is 40.5. The maximum absolute atomic E-state index is 15.1. The maximum Gasteiger partial charge on any atom is 0.338 e. The number of hydrogen-bond donors (Lipinski definition) is 1. The van der Waals surface area contributed by atoms with E-state index in [4.69, 9.17) is 25.0 Å². The van der Waals surface area contributed by atoms with Gasteiger partial charge in [-0.15, -0.1) is 0 Å². The van der Waals surface area contributed by atoms with Gasteiger partial charge in [0.15, 0.2) is 5.65 Å². The Bertz CT molecular complexity index is 2140. The number of methoxy groups -OCH3 is 2. The van der Waals surface area contributed by atoms with E-state index in [0.29, 0.717) is 24.9 Å². The first-order chi connectivity index (χ1) is 26.3. The fourth-order valence-electron chi connectivity index (χ4n) is 8.14. The number of nitrogens with two attached hydrogens (primary N) is 1. The van der Waals surface area contributed by atoms with Gasteiger partial charge in [-0.1, -0.05) is 18.2 Å². The molecule has 3 fully saturated rings. The van der Waals surface area contributed by atoms with Crippen LogP contribution in [0.15, 0.2) is 73.1 Å². The summed E-state index contributed by atoms with van der Waals surface area (Å²) in [6, 6.07) is 21.0. The highest BCUT2D eigenvalue weighted by atomic mass is 19.1. The number of carbonyl (C=O) groups is 2. The fourth-order valence-corrected chi connectivity index (χ4v) is 8.14. The zero-order valence-electron chi connectivity index (χ0n) is 30.4. The van der Waals surface area contributed by atoms with Gasteiger partial charge >= 0.3 is 11.9 Å². The normalized spacial score (nSPS) is 19.7. The van der Waals surface area contributed by atoms with Gasteiger partial charge in [0.1, 0.15) is 35.2 Å². The number of rotatable bonds is 9. The topological polar surface area (TPSA) is 141 Å². The Labute approximate surface area is 312 Å². The maximum atomic E-state index is 15.1. The second-order valence-electron chi connectivity index (χ2n) is 14.1. The second kappa shape index (κ2) is 15.0. The average Bonchev–Trinajstić information content (AvgIpc) is 3.59. The number of fused-ring (bicyclic) bond motifs is 1. The number of para-hydroxylation sites is 1. The van der Waals surface area contributed by atoms with Crippen LogP contribution in [-0.2, 0) is 9.47 Å². The molecule has 3 aromatic carbocycles. The Balaban J connectivity index is 0.871. The lowest BCUT2D eigenvalue weighted by Crippen LogP contribution is -2.64. The van der Waals surface area contributed by atoms with Crippen molar-refractivity contribution in [1.82, 2.24) is 29.5 Å². The lowest BCUT2D eigenvalue weighted by Gasteiger charge is -2.50. The molecular formula is C40H43FN8O5. The summed E-state index contributed by atoms with van der Waals surface area (Å²) in [6.45, 7) is 5.11. The first-order valence-electron chi connectivity index (χ1n) is 18.4. The number of hydrogen-bond acceptors (Lipinski definition) is 12. The van der Waals surface area contributed by atoms with E-state index in [1.165, 1.54) is 26.6 Å². The molecular weight excluding hydrogens is 691 g/mol. The van der Waals surface area contributed by atoms with Crippen LogP contribution >= 0.6 is 0 Å². The Kier molecular flexibility index (Phi) is 9.86. The zero-order chi connectivity index (χ0) is 37.3. The number of esters is 2. The minimum Gasteiger partial charge on any atom is -0.465 e. The largest absolute Gasteiger partial charge is 0.465 e. The summed E-state index contributed by atoms with van der Waals surface area (Å²) in [5, 5.41) is 5.88. The van der Waals surface area contributed by atoms with Crippen molar-refractivity contribution in [2.45, 2.75) is 43.8 Å². The molecule has 5 aromatic rings. The predicted octanol–water partition coefficient (Wildman–Crippen LogP) is 5.57. The van der Waals surface area contributed by atoms with Crippen LogP contribution in [0.1, 0.15) is 52.4 Å². The van der Waals surface area contributed by atoms with Crippen molar-refractivity contribution < 1.29 is 28.2 Å². The summed E-state index contributed by atoms with van der Waals surface area (Å²) in [5.41, 5.74) is 9.01. The van der Waals surface area contributed by atoms with Gasteiger partial charge < -0.3 is 24.8 Å². The molecule has 4 heterocycles. The third-order valence-electron chi connectivity index (χ3n) is 11.1. The number of nitrogens with zero attached hydrogens (tertiary/aromatic N) is 7. The van der Waals surface area contributed by atoms with Gasteiger partial charge in [-0.3, -0.25) is 9.80 Å². The highest BCUT2D eigenvalue weighted by molar-refractivity contribution is 6.04. The van der Waals surface area contributed by atoms with Gasteiger partial charge in [0, 0.05) is 56.9 Å². The van der Waals surface area contributed by atoms with E-state index in [-0.39, 0.29) is 28.9 Å². The van der Waals surface area contributed by atoms with E-state index >= 15 is 4.39 Å². The molecule has 280 valence electrons. The van der Waals surface area contributed by atoms with Crippen LogP contribution in [0.3, 0.4) is 0 Å². The highest BCUT2D eigenvalue weighted by Gasteiger charge is 2.38. The standard InChI is InChI=1S/C40H43FN8O5/c1-52-39(50)31-20-33(41)34(21-32(31)40(51)53-2)48-22-28(23-48)47-18-16-46(17-19-47)26-10-12-27(13-11-26)49-38-35(37(42)43-24-44-38)36(45-49)25-8-14-30(15-9-25)54-29-6-4-3-5-7-29/h3-9,14-15,20-21,24,26-28H,10-13,16-19,22-23H2,1-2H3,(H2,42,43,44)/t26-,27+. The molecule has 1 aliphatic carbocycles. The van der Waals surface area contributed by atoms with Crippen LogP contribution in [0.2, 0.25) is 0 Å². The average molecular weight is 735 g/mol. The second-order valence-corrected chi connectivity index (χ2v) is 14.1. The number of anilines is 2. The third kappa shape index (κ3) is 6.82. The van der Waals surface area contributed by atoms with Gasteiger partial charge in [0.2, 0.25) is 0 Å². The van der Waals surface area contributed by atoms with Crippen LogP contribution in [0.4, 0.5) is 15.9 Å². The molecule has 14 heteroatoms. The van der Waals surface area contributed by atoms with E-state index in [2.05, 4.69) is 24.4 Å². The van der Waals surface area contributed by atoms with Crippen molar-refractivity contribution in [2.24, 2.45) is 0 Å². The Morgan fingerprint density at radius 1 is 0.759 bits per heavy atom. The highest BCUT2D eigenvalue weighted by Crippen LogP contribution is 2.38. The minimum atomic E-state index is -0.787.